The van der Waals surface area contributed by atoms with Crippen molar-refractivity contribution in [2.75, 3.05) is 30.0 Å². The summed E-state index contributed by atoms with van der Waals surface area (Å²) in [5.41, 5.74) is 4.30. The second kappa shape index (κ2) is 9.30. The minimum absolute atomic E-state index is 0.276. The van der Waals surface area contributed by atoms with E-state index in [1.54, 1.807) is 11.8 Å². The number of thioether (sulfide) groups is 1. The highest BCUT2D eigenvalue weighted by atomic mass is 32.2. The van der Waals surface area contributed by atoms with E-state index in [1.165, 1.54) is 0 Å². The number of carbonyl (C=O) groups excluding carboxylic acids is 1. The maximum absolute atomic E-state index is 12.0. The number of hydrogen-bond donors (Lipinski definition) is 3. The molecule has 0 atom stereocenters. The number of nitrogens with zero attached hydrogens (tertiary/aromatic N) is 2. The number of anilines is 2. The van der Waals surface area contributed by atoms with Gasteiger partial charge in [0.25, 0.3) is 0 Å². The highest BCUT2D eigenvalue weighted by Gasteiger charge is 2.09. The maximum atomic E-state index is 12.0. The number of rotatable bonds is 6. The van der Waals surface area contributed by atoms with Gasteiger partial charge in [-0.25, -0.2) is 9.78 Å². The second-order valence-electron chi connectivity index (χ2n) is 6.69. The molecule has 3 aromatic rings. The second-order valence-corrected chi connectivity index (χ2v) is 7.57. The fourth-order valence-corrected chi connectivity index (χ4v) is 3.49. The fraction of sp³-hybridized carbons (Fsp3) is 0.227. The van der Waals surface area contributed by atoms with Crippen LogP contribution in [0.15, 0.2) is 47.4 Å². The molecule has 3 N–H and O–H groups in total. The molecule has 0 saturated heterocycles. The van der Waals surface area contributed by atoms with Crippen molar-refractivity contribution < 1.29 is 4.79 Å². The van der Waals surface area contributed by atoms with E-state index < -0.39 is 0 Å². The third-order valence-corrected chi connectivity index (χ3v) is 5.17. The third-order valence-electron chi connectivity index (χ3n) is 4.42. The number of aromatic nitrogens is 1. The number of benzene rings is 2. The molecule has 0 aliphatic heterocycles. The van der Waals surface area contributed by atoms with Gasteiger partial charge < -0.3 is 16.0 Å². The molecule has 0 fully saturated rings. The average molecular weight is 406 g/mol. The van der Waals surface area contributed by atoms with E-state index in [9.17, 15) is 10.1 Å². The van der Waals surface area contributed by atoms with E-state index in [2.05, 4.69) is 33.1 Å². The Labute approximate surface area is 174 Å². The number of nitrogens with one attached hydrogen (secondary N) is 3. The van der Waals surface area contributed by atoms with E-state index in [0.717, 1.165) is 32.6 Å². The fourth-order valence-electron chi connectivity index (χ4n) is 3.08. The van der Waals surface area contributed by atoms with Crippen molar-refractivity contribution in [3.8, 4) is 6.07 Å². The minimum Gasteiger partial charge on any atom is -0.367 e. The molecule has 7 heteroatoms. The summed E-state index contributed by atoms with van der Waals surface area (Å²) in [6.45, 7) is 4.89. The molecular weight excluding hydrogens is 382 g/mol. The molecule has 6 nitrogen and oxygen atoms in total. The molecule has 1 aromatic heterocycles. The quantitative estimate of drug-likeness (QED) is 0.409. The first kappa shape index (κ1) is 20.5. The van der Waals surface area contributed by atoms with Crippen LogP contribution in [0.25, 0.3) is 10.9 Å². The molecule has 2 aromatic carbocycles. The first-order valence-electron chi connectivity index (χ1n) is 9.25. The van der Waals surface area contributed by atoms with E-state index in [4.69, 9.17) is 0 Å². The van der Waals surface area contributed by atoms with Crippen LogP contribution in [0.5, 0.6) is 0 Å². The lowest BCUT2D eigenvalue weighted by Gasteiger charge is -2.12. The summed E-state index contributed by atoms with van der Waals surface area (Å²) in [5, 5.41) is 19.1. The number of carbonyl (C=O) groups is 1. The van der Waals surface area contributed by atoms with Gasteiger partial charge in [-0.2, -0.15) is 5.26 Å². The number of aryl methyl sites for hydroxylation is 2. The lowest BCUT2D eigenvalue weighted by molar-refractivity contribution is 0.252. The molecule has 148 valence electrons. The van der Waals surface area contributed by atoms with Gasteiger partial charge in [-0.15, -0.1) is 11.8 Å². The van der Waals surface area contributed by atoms with Crippen molar-refractivity contribution in [1.82, 2.24) is 10.3 Å². The number of pyridine rings is 1. The molecule has 3 rings (SSSR count). The Balaban J connectivity index is 1.57. The monoisotopic (exact) mass is 405 g/mol. The number of urea groups is 1. The Morgan fingerprint density at radius 1 is 1.14 bits per heavy atom. The topological polar surface area (TPSA) is 89.8 Å². The standard InChI is InChI=1S/C22H23N5OS/c1-14-10-15(2)20-16(11-14)12-17(13-23)21(27-20)24-8-9-25-22(28)26-18-4-6-19(29-3)7-5-18/h4-7,10-12H,8-9H2,1-3H3,(H,24,27)(H2,25,26,28). The van der Waals surface area contributed by atoms with E-state index in [1.807, 2.05) is 56.5 Å². The molecule has 0 unspecified atom stereocenters. The van der Waals surface area contributed by atoms with Crippen LogP contribution in [0.3, 0.4) is 0 Å². The molecule has 0 aliphatic carbocycles. The van der Waals surface area contributed by atoms with Gasteiger partial charge in [-0.3, -0.25) is 0 Å². The Bertz CT molecular complexity index is 1070. The van der Waals surface area contributed by atoms with Crippen molar-refractivity contribution in [1.29, 1.82) is 5.26 Å². The van der Waals surface area contributed by atoms with Crippen LogP contribution in [0.4, 0.5) is 16.3 Å². The van der Waals surface area contributed by atoms with Crippen LogP contribution in [-0.4, -0.2) is 30.4 Å². The normalized spacial score (nSPS) is 10.4. The zero-order valence-corrected chi connectivity index (χ0v) is 17.5. The Morgan fingerprint density at radius 3 is 2.59 bits per heavy atom. The molecule has 0 aliphatic rings. The van der Waals surface area contributed by atoms with Crippen LogP contribution in [0.2, 0.25) is 0 Å². The summed E-state index contributed by atoms with van der Waals surface area (Å²) in [4.78, 5) is 17.8. The summed E-state index contributed by atoms with van der Waals surface area (Å²) in [5.74, 6) is 0.529. The van der Waals surface area contributed by atoms with Gasteiger partial charge in [-0.05, 0) is 62.1 Å². The number of hydrogen-bond acceptors (Lipinski definition) is 5. The molecular formula is C22H23N5OS. The Kier molecular flexibility index (Phi) is 6.57. The van der Waals surface area contributed by atoms with Gasteiger partial charge in [-0.1, -0.05) is 11.6 Å². The van der Waals surface area contributed by atoms with E-state index >= 15 is 0 Å². The summed E-state index contributed by atoms with van der Waals surface area (Å²) >= 11 is 1.65. The maximum Gasteiger partial charge on any atom is 0.319 e. The predicted octanol–water partition coefficient (Wildman–Crippen LogP) is 4.68. The summed E-state index contributed by atoms with van der Waals surface area (Å²) in [6, 6.07) is 15.5. The SMILES string of the molecule is CSc1ccc(NC(=O)NCCNc2nc3c(C)cc(C)cc3cc2C#N)cc1. The smallest absolute Gasteiger partial charge is 0.319 e. The van der Waals surface area contributed by atoms with Gasteiger partial charge in [0.1, 0.15) is 11.9 Å². The van der Waals surface area contributed by atoms with Crippen molar-refractivity contribution in [2.45, 2.75) is 18.7 Å². The van der Waals surface area contributed by atoms with Gasteiger partial charge in [0.15, 0.2) is 0 Å². The lowest BCUT2D eigenvalue weighted by atomic mass is 10.1. The summed E-state index contributed by atoms with van der Waals surface area (Å²) in [6.07, 6.45) is 2.01. The lowest BCUT2D eigenvalue weighted by Crippen LogP contribution is -2.32. The first-order chi connectivity index (χ1) is 14.0. The van der Waals surface area contributed by atoms with Crippen molar-refractivity contribution in [2.24, 2.45) is 0 Å². The Morgan fingerprint density at radius 2 is 1.90 bits per heavy atom. The van der Waals surface area contributed by atoms with Crippen LogP contribution >= 0.6 is 11.8 Å². The average Bonchev–Trinajstić information content (AvgIpc) is 2.71. The zero-order valence-electron chi connectivity index (χ0n) is 16.7. The number of nitriles is 1. The van der Waals surface area contributed by atoms with E-state index in [-0.39, 0.29) is 6.03 Å². The van der Waals surface area contributed by atoms with Crippen LogP contribution < -0.4 is 16.0 Å². The van der Waals surface area contributed by atoms with Gasteiger partial charge in [0.2, 0.25) is 0 Å². The molecule has 0 radical (unpaired) electrons. The number of fused-ring (bicyclic) bond motifs is 1. The molecule has 0 spiro atoms. The Hall–Kier alpha value is -3.24. The predicted molar refractivity (Wildman–Crippen MR) is 120 cm³/mol. The van der Waals surface area contributed by atoms with Crippen LogP contribution in [0, 0.1) is 25.2 Å². The van der Waals surface area contributed by atoms with Crippen LogP contribution in [0.1, 0.15) is 16.7 Å². The number of amides is 2. The van der Waals surface area contributed by atoms with Crippen molar-refractivity contribution in [3.63, 3.8) is 0 Å². The molecule has 29 heavy (non-hydrogen) atoms. The molecule has 0 bridgehead atoms. The van der Waals surface area contributed by atoms with Gasteiger partial charge >= 0.3 is 6.03 Å². The minimum atomic E-state index is -0.276. The summed E-state index contributed by atoms with van der Waals surface area (Å²) in [7, 11) is 0. The zero-order chi connectivity index (χ0) is 20.8. The highest BCUT2D eigenvalue weighted by Crippen LogP contribution is 2.24. The van der Waals surface area contributed by atoms with Crippen LogP contribution in [-0.2, 0) is 0 Å². The highest BCUT2D eigenvalue weighted by molar-refractivity contribution is 7.98. The van der Waals surface area contributed by atoms with Gasteiger partial charge in [0, 0.05) is 29.1 Å². The molecule has 2 amide bonds. The molecule has 1 heterocycles. The van der Waals surface area contributed by atoms with E-state index in [0.29, 0.717) is 24.5 Å². The van der Waals surface area contributed by atoms with Crippen molar-refractivity contribution >= 4 is 40.2 Å². The van der Waals surface area contributed by atoms with Crippen molar-refractivity contribution in [3.05, 3.63) is 59.2 Å². The van der Waals surface area contributed by atoms with Gasteiger partial charge in [0.05, 0.1) is 11.1 Å². The largest absolute Gasteiger partial charge is 0.367 e. The third kappa shape index (κ3) is 5.18. The summed E-state index contributed by atoms with van der Waals surface area (Å²) < 4.78 is 0. The molecule has 0 saturated carbocycles. The first-order valence-corrected chi connectivity index (χ1v) is 10.5.